The fourth-order valence-electron chi connectivity index (χ4n) is 4.78. The Morgan fingerprint density at radius 1 is 1.11 bits per heavy atom. The number of rotatable bonds is 6. The smallest absolute Gasteiger partial charge is 0.343 e. The zero-order valence-corrected chi connectivity index (χ0v) is 19.9. The molecule has 8 heteroatoms. The topological polar surface area (TPSA) is 89.5 Å². The lowest BCUT2D eigenvalue weighted by molar-refractivity contribution is 0.0592. The van der Waals surface area contributed by atoms with Gasteiger partial charge < -0.3 is 19.0 Å². The van der Waals surface area contributed by atoms with Crippen molar-refractivity contribution in [2.24, 2.45) is 0 Å². The molecule has 0 unspecified atom stereocenters. The molecule has 0 atom stereocenters. The summed E-state index contributed by atoms with van der Waals surface area (Å²) in [5, 5.41) is 1.21. The van der Waals surface area contributed by atoms with Gasteiger partial charge in [-0.25, -0.2) is 4.79 Å². The number of pyridine rings is 2. The van der Waals surface area contributed by atoms with E-state index in [0.717, 1.165) is 17.8 Å². The van der Waals surface area contributed by atoms with Crippen molar-refractivity contribution in [1.29, 1.82) is 0 Å². The second kappa shape index (κ2) is 9.76. The quantitative estimate of drug-likeness (QED) is 0.433. The monoisotopic (exact) mass is 472 g/mol. The maximum Gasteiger partial charge on any atom is 0.343 e. The molecule has 1 aliphatic rings. The molecule has 180 valence electrons. The van der Waals surface area contributed by atoms with Gasteiger partial charge in [-0.2, -0.15) is 0 Å². The number of aryl methyl sites for hydroxylation is 1. The summed E-state index contributed by atoms with van der Waals surface area (Å²) in [4.78, 5) is 35.9. The number of para-hydroxylation sites is 1. The van der Waals surface area contributed by atoms with Crippen LogP contribution < -0.4 is 10.3 Å². The van der Waals surface area contributed by atoms with Crippen LogP contribution >= 0.6 is 0 Å². The van der Waals surface area contributed by atoms with Crippen LogP contribution in [0.1, 0.15) is 33.0 Å². The molecule has 0 spiro atoms. The Balaban J connectivity index is 1.43. The number of H-pyrrole nitrogens is 1. The molecular formula is C27H28N4O4. The molecule has 0 fully saturated rings. The van der Waals surface area contributed by atoms with Gasteiger partial charge in [0.15, 0.2) is 0 Å². The van der Waals surface area contributed by atoms with E-state index in [1.165, 1.54) is 24.1 Å². The van der Waals surface area contributed by atoms with Crippen LogP contribution in [-0.4, -0.2) is 45.6 Å². The molecule has 1 aromatic carbocycles. The van der Waals surface area contributed by atoms with Crippen LogP contribution in [-0.2, 0) is 30.9 Å². The van der Waals surface area contributed by atoms with Crippen molar-refractivity contribution in [3.8, 4) is 5.75 Å². The van der Waals surface area contributed by atoms with Crippen molar-refractivity contribution in [3.05, 3.63) is 93.3 Å². The first-order chi connectivity index (χ1) is 17.0. The van der Waals surface area contributed by atoms with Crippen molar-refractivity contribution < 1.29 is 14.3 Å². The summed E-state index contributed by atoms with van der Waals surface area (Å²) in [5.41, 5.74) is 5.01. The number of ether oxygens (including phenoxy) is 2. The number of nitrogens with one attached hydrogen (secondary N) is 1. The summed E-state index contributed by atoms with van der Waals surface area (Å²) >= 11 is 0. The average molecular weight is 473 g/mol. The molecule has 1 aliphatic heterocycles. The highest BCUT2D eigenvalue weighted by Crippen LogP contribution is 2.27. The van der Waals surface area contributed by atoms with E-state index < -0.39 is 5.97 Å². The van der Waals surface area contributed by atoms with Gasteiger partial charge in [0.05, 0.1) is 12.8 Å². The Morgan fingerprint density at radius 2 is 1.94 bits per heavy atom. The van der Waals surface area contributed by atoms with Crippen LogP contribution in [0.2, 0.25) is 0 Å². The van der Waals surface area contributed by atoms with Gasteiger partial charge in [0.1, 0.15) is 17.9 Å². The number of aromatic nitrogens is 3. The predicted octanol–water partition coefficient (Wildman–Crippen LogP) is 3.46. The van der Waals surface area contributed by atoms with Gasteiger partial charge in [-0.15, -0.1) is 0 Å². The first-order valence-electron chi connectivity index (χ1n) is 11.7. The average Bonchev–Trinajstić information content (AvgIpc) is 3.04. The third kappa shape index (κ3) is 4.57. The van der Waals surface area contributed by atoms with E-state index in [4.69, 9.17) is 9.47 Å². The number of nitrogens with zero attached hydrogens (tertiary/aromatic N) is 3. The van der Waals surface area contributed by atoms with Crippen LogP contribution in [0.15, 0.2) is 59.5 Å². The van der Waals surface area contributed by atoms with Crippen molar-refractivity contribution >= 4 is 16.9 Å². The van der Waals surface area contributed by atoms with Crippen LogP contribution in [0.3, 0.4) is 0 Å². The lowest BCUT2D eigenvalue weighted by Crippen LogP contribution is -2.29. The molecule has 4 heterocycles. The minimum Gasteiger partial charge on any atom is -0.486 e. The van der Waals surface area contributed by atoms with E-state index in [1.807, 2.05) is 30.3 Å². The number of methoxy groups -OCH3 is 1. The zero-order valence-electron chi connectivity index (χ0n) is 19.9. The van der Waals surface area contributed by atoms with E-state index in [9.17, 15) is 9.59 Å². The van der Waals surface area contributed by atoms with Crippen LogP contribution in [0.4, 0.5) is 0 Å². The maximum atomic E-state index is 13.1. The standard InChI is InChI=1S/C27H28N4O4/c1-18-21(20-8-3-4-9-22(20)29-18)16-30-12-10-23-26(27(33)34-2)24(15-25(32)31(23)14-13-30)35-17-19-7-5-6-11-28-19/h3-9,11,15,29H,10,12-14,16-17H2,1-2H3. The molecule has 35 heavy (non-hydrogen) atoms. The molecule has 0 amide bonds. The van der Waals surface area contributed by atoms with E-state index >= 15 is 0 Å². The van der Waals surface area contributed by atoms with Gasteiger partial charge >= 0.3 is 5.97 Å². The highest BCUT2D eigenvalue weighted by molar-refractivity contribution is 5.93. The number of hydrogen-bond donors (Lipinski definition) is 1. The second-order valence-electron chi connectivity index (χ2n) is 8.72. The summed E-state index contributed by atoms with van der Waals surface area (Å²) in [5.74, 6) is -0.273. The van der Waals surface area contributed by atoms with Crippen molar-refractivity contribution in [2.75, 3.05) is 20.2 Å². The predicted molar refractivity (Wildman–Crippen MR) is 133 cm³/mol. The number of benzene rings is 1. The highest BCUT2D eigenvalue weighted by atomic mass is 16.5. The van der Waals surface area contributed by atoms with Gasteiger partial charge in [-0.3, -0.25) is 14.7 Å². The molecule has 8 nitrogen and oxygen atoms in total. The van der Waals surface area contributed by atoms with Crippen molar-refractivity contribution in [3.63, 3.8) is 0 Å². The molecule has 0 saturated heterocycles. The van der Waals surface area contributed by atoms with E-state index in [2.05, 4.69) is 33.9 Å². The van der Waals surface area contributed by atoms with E-state index in [0.29, 0.717) is 43.0 Å². The summed E-state index contributed by atoms with van der Waals surface area (Å²) in [6.07, 6.45) is 2.21. The Morgan fingerprint density at radius 3 is 2.74 bits per heavy atom. The molecule has 1 N–H and O–H groups in total. The number of carbonyl (C=O) groups excluding carboxylic acids is 1. The molecule has 5 rings (SSSR count). The van der Waals surface area contributed by atoms with Crippen molar-refractivity contribution in [1.82, 2.24) is 19.4 Å². The molecule has 4 aromatic rings. The van der Waals surface area contributed by atoms with Crippen LogP contribution in [0.5, 0.6) is 5.75 Å². The van der Waals surface area contributed by atoms with Gasteiger partial charge in [-0.05, 0) is 30.7 Å². The largest absolute Gasteiger partial charge is 0.486 e. The first-order valence-corrected chi connectivity index (χ1v) is 11.7. The van der Waals surface area contributed by atoms with Crippen molar-refractivity contribution in [2.45, 2.75) is 33.0 Å². The molecule has 0 radical (unpaired) electrons. The van der Waals surface area contributed by atoms with E-state index in [-0.39, 0.29) is 17.9 Å². The minimum absolute atomic E-state index is 0.152. The van der Waals surface area contributed by atoms with Crippen LogP contribution in [0, 0.1) is 6.92 Å². The third-order valence-corrected chi connectivity index (χ3v) is 6.59. The Labute approximate surface area is 203 Å². The lowest BCUT2D eigenvalue weighted by atomic mass is 10.1. The Bertz CT molecular complexity index is 1420. The zero-order chi connectivity index (χ0) is 24.4. The van der Waals surface area contributed by atoms with Gasteiger partial charge in [-0.1, -0.05) is 24.3 Å². The van der Waals surface area contributed by atoms with Gasteiger partial charge in [0.25, 0.3) is 5.56 Å². The van der Waals surface area contributed by atoms with E-state index in [1.54, 1.807) is 10.8 Å². The number of carbonyl (C=O) groups is 1. The molecule has 0 bridgehead atoms. The number of fused-ring (bicyclic) bond motifs is 2. The summed E-state index contributed by atoms with van der Waals surface area (Å²) in [7, 11) is 1.34. The number of esters is 1. The number of hydrogen-bond acceptors (Lipinski definition) is 6. The molecule has 0 saturated carbocycles. The summed E-state index contributed by atoms with van der Waals surface area (Å²) < 4.78 is 12.7. The van der Waals surface area contributed by atoms with Gasteiger partial charge in [0.2, 0.25) is 0 Å². The lowest BCUT2D eigenvalue weighted by Gasteiger charge is -2.19. The fourth-order valence-corrected chi connectivity index (χ4v) is 4.78. The first kappa shape index (κ1) is 22.9. The Kier molecular flexibility index (Phi) is 6.37. The second-order valence-corrected chi connectivity index (χ2v) is 8.72. The normalized spacial score (nSPS) is 13.9. The summed E-state index contributed by atoms with van der Waals surface area (Å²) in [6.45, 7) is 4.88. The molecule has 3 aromatic heterocycles. The van der Waals surface area contributed by atoms with Crippen LogP contribution in [0.25, 0.3) is 10.9 Å². The SMILES string of the molecule is COC(=O)c1c(OCc2ccccn2)cc(=O)n2c1CCN(Cc1c(C)[nH]c3ccccc13)CC2. The fraction of sp³-hybridized carbons (Fsp3) is 0.296. The summed E-state index contributed by atoms with van der Waals surface area (Å²) in [6, 6.07) is 15.2. The molecule has 0 aliphatic carbocycles. The number of aromatic amines is 1. The maximum absolute atomic E-state index is 13.1. The highest BCUT2D eigenvalue weighted by Gasteiger charge is 2.26. The van der Waals surface area contributed by atoms with Gasteiger partial charge in [0, 0.05) is 67.2 Å². The third-order valence-electron chi connectivity index (χ3n) is 6.59. The Hall–Kier alpha value is -3.91. The minimum atomic E-state index is -0.509. The molecular weight excluding hydrogens is 444 g/mol.